The van der Waals surface area contributed by atoms with Crippen molar-refractivity contribution in [3.05, 3.63) is 29.3 Å². The predicted molar refractivity (Wildman–Crippen MR) is 61.5 cm³/mol. The molecule has 2 N–H and O–H groups in total. The first-order chi connectivity index (χ1) is 7.49. The number of carboxylic acid groups (broad SMARTS) is 1. The van der Waals surface area contributed by atoms with E-state index in [2.05, 4.69) is 5.32 Å². The van der Waals surface area contributed by atoms with Gasteiger partial charge in [0.1, 0.15) is 0 Å². The van der Waals surface area contributed by atoms with Crippen LogP contribution in [0, 0.1) is 5.92 Å². The van der Waals surface area contributed by atoms with Gasteiger partial charge in [0, 0.05) is 17.1 Å². The first-order valence-corrected chi connectivity index (χ1v) is 5.15. The molecule has 0 bridgehead atoms. The summed E-state index contributed by atoms with van der Waals surface area (Å²) < 4.78 is 0. The fourth-order valence-electron chi connectivity index (χ4n) is 1.14. The van der Waals surface area contributed by atoms with Crippen molar-refractivity contribution >= 4 is 29.2 Å². The average molecular weight is 242 g/mol. The van der Waals surface area contributed by atoms with Crippen LogP contribution in [0.25, 0.3) is 0 Å². The number of hydrogen-bond acceptors (Lipinski definition) is 2. The highest BCUT2D eigenvalue weighted by atomic mass is 35.5. The van der Waals surface area contributed by atoms with Crippen molar-refractivity contribution in [1.29, 1.82) is 0 Å². The van der Waals surface area contributed by atoms with Crippen LogP contribution in [-0.2, 0) is 9.59 Å². The molecule has 0 aliphatic rings. The Morgan fingerprint density at radius 2 is 2.19 bits per heavy atom. The third-order valence-corrected chi connectivity index (χ3v) is 2.26. The maximum atomic E-state index is 11.4. The molecule has 5 heteroatoms. The molecule has 0 saturated carbocycles. The van der Waals surface area contributed by atoms with E-state index in [1.165, 1.54) is 6.92 Å². The van der Waals surface area contributed by atoms with E-state index in [0.29, 0.717) is 10.7 Å². The highest BCUT2D eigenvalue weighted by molar-refractivity contribution is 6.30. The van der Waals surface area contributed by atoms with Crippen LogP contribution in [0.4, 0.5) is 5.69 Å². The SMILES string of the molecule is CC(CC(=O)Nc1cccc(Cl)c1)C(=O)O. The summed E-state index contributed by atoms with van der Waals surface area (Å²) in [6.45, 7) is 1.49. The first kappa shape index (κ1) is 12.5. The zero-order valence-electron chi connectivity index (χ0n) is 8.74. The minimum Gasteiger partial charge on any atom is -0.481 e. The molecule has 1 aromatic rings. The van der Waals surface area contributed by atoms with Crippen molar-refractivity contribution in [1.82, 2.24) is 0 Å². The molecule has 0 aliphatic carbocycles. The molecule has 1 aromatic carbocycles. The number of amides is 1. The standard InChI is InChI=1S/C11H12ClNO3/c1-7(11(15)16)5-10(14)13-9-4-2-3-8(12)6-9/h2-4,6-7H,5H2,1H3,(H,13,14)(H,15,16). The van der Waals surface area contributed by atoms with Gasteiger partial charge in [0.2, 0.25) is 5.91 Å². The highest BCUT2D eigenvalue weighted by Crippen LogP contribution is 2.15. The molecule has 0 fully saturated rings. The second kappa shape index (κ2) is 5.51. The number of benzene rings is 1. The van der Waals surface area contributed by atoms with E-state index < -0.39 is 11.9 Å². The Kier molecular flexibility index (Phi) is 4.31. The number of aliphatic carboxylic acids is 1. The summed E-state index contributed by atoms with van der Waals surface area (Å²) in [5, 5.41) is 11.7. The lowest BCUT2D eigenvalue weighted by molar-refractivity contribution is -0.142. The lowest BCUT2D eigenvalue weighted by Gasteiger charge is -2.07. The maximum absolute atomic E-state index is 11.4. The minimum atomic E-state index is -0.985. The summed E-state index contributed by atoms with van der Waals surface area (Å²) in [6.07, 6.45) is -0.0537. The molecule has 4 nitrogen and oxygen atoms in total. The summed E-state index contributed by atoms with van der Waals surface area (Å²) >= 11 is 5.74. The van der Waals surface area contributed by atoms with Gasteiger partial charge in [-0.3, -0.25) is 9.59 Å². The van der Waals surface area contributed by atoms with Gasteiger partial charge in [0.05, 0.1) is 5.92 Å². The van der Waals surface area contributed by atoms with Crippen molar-refractivity contribution in [2.75, 3.05) is 5.32 Å². The van der Waals surface area contributed by atoms with Gasteiger partial charge in [-0.1, -0.05) is 24.6 Å². The van der Waals surface area contributed by atoms with Crippen molar-refractivity contribution in [3.8, 4) is 0 Å². The number of carbonyl (C=O) groups excluding carboxylic acids is 1. The Balaban J connectivity index is 2.55. The minimum absolute atomic E-state index is 0.0537. The van der Waals surface area contributed by atoms with Crippen LogP contribution in [0.5, 0.6) is 0 Å². The molecule has 1 unspecified atom stereocenters. The Morgan fingerprint density at radius 3 is 2.75 bits per heavy atom. The van der Waals surface area contributed by atoms with E-state index in [0.717, 1.165) is 0 Å². The van der Waals surface area contributed by atoms with Crippen LogP contribution in [0.2, 0.25) is 5.02 Å². The van der Waals surface area contributed by atoms with Crippen molar-refractivity contribution in [3.63, 3.8) is 0 Å². The number of carbonyl (C=O) groups is 2. The average Bonchev–Trinajstić information content (AvgIpc) is 2.16. The summed E-state index contributed by atoms with van der Waals surface area (Å²) in [5.41, 5.74) is 0.565. The van der Waals surface area contributed by atoms with Gasteiger partial charge < -0.3 is 10.4 Å². The normalized spacial score (nSPS) is 11.9. The number of halogens is 1. The van der Waals surface area contributed by atoms with Crippen molar-refractivity contribution in [2.24, 2.45) is 5.92 Å². The zero-order valence-corrected chi connectivity index (χ0v) is 9.49. The van der Waals surface area contributed by atoms with Crippen LogP contribution < -0.4 is 5.32 Å². The molecule has 1 amide bonds. The van der Waals surface area contributed by atoms with Crippen LogP contribution in [0.15, 0.2) is 24.3 Å². The molecule has 0 radical (unpaired) electrons. The van der Waals surface area contributed by atoms with Crippen LogP contribution in [-0.4, -0.2) is 17.0 Å². The summed E-state index contributed by atoms with van der Waals surface area (Å²) in [6, 6.07) is 6.69. The molecule has 1 rings (SSSR count). The van der Waals surface area contributed by atoms with E-state index in [1.54, 1.807) is 24.3 Å². The molecule has 16 heavy (non-hydrogen) atoms. The summed E-state index contributed by atoms with van der Waals surface area (Å²) in [5.74, 6) is -2.02. The Labute approximate surface area is 98.2 Å². The summed E-state index contributed by atoms with van der Waals surface area (Å²) in [7, 11) is 0. The fraction of sp³-hybridized carbons (Fsp3) is 0.273. The number of nitrogens with one attached hydrogen (secondary N) is 1. The molecule has 1 atom stereocenters. The van der Waals surface area contributed by atoms with Crippen LogP contribution in [0.1, 0.15) is 13.3 Å². The predicted octanol–water partition coefficient (Wildman–Crippen LogP) is 2.39. The Hall–Kier alpha value is -1.55. The second-order valence-electron chi connectivity index (χ2n) is 3.50. The van der Waals surface area contributed by atoms with Crippen molar-refractivity contribution < 1.29 is 14.7 Å². The smallest absolute Gasteiger partial charge is 0.306 e. The lowest BCUT2D eigenvalue weighted by Crippen LogP contribution is -2.19. The van der Waals surface area contributed by atoms with Crippen LogP contribution in [0.3, 0.4) is 0 Å². The number of hydrogen-bond donors (Lipinski definition) is 2. The first-order valence-electron chi connectivity index (χ1n) is 4.77. The van der Waals surface area contributed by atoms with Gasteiger partial charge >= 0.3 is 5.97 Å². The Bertz CT molecular complexity index is 406. The third kappa shape index (κ3) is 3.90. The molecule has 0 saturated heterocycles. The third-order valence-electron chi connectivity index (χ3n) is 2.02. The monoisotopic (exact) mass is 241 g/mol. The van der Waals surface area contributed by atoms with Gasteiger partial charge in [0.25, 0.3) is 0 Å². The number of anilines is 1. The van der Waals surface area contributed by atoms with E-state index in [-0.39, 0.29) is 12.3 Å². The largest absolute Gasteiger partial charge is 0.481 e. The lowest BCUT2D eigenvalue weighted by atomic mass is 10.1. The van der Waals surface area contributed by atoms with E-state index in [4.69, 9.17) is 16.7 Å². The van der Waals surface area contributed by atoms with E-state index >= 15 is 0 Å². The summed E-state index contributed by atoms with van der Waals surface area (Å²) in [4.78, 5) is 22.0. The topological polar surface area (TPSA) is 66.4 Å². The number of rotatable bonds is 4. The van der Waals surface area contributed by atoms with Gasteiger partial charge in [0.15, 0.2) is 0 Å². The molecule has 0 spiro atoms. The molecular weight excluding hydrogens is 230 g/mol. The fourth-order valence-corrected chi connectivity index (χ4v) is 1.33. The molecule has 0 heterocycles. The van der Waals surface area contributed by atoms with E-state index in [9.17, 15) is 9.59 Å². The van der Waals surface area contributed by atoms with Gasteiger partial charge in [-0.25, -0.2) is 0 Å². The zero-order chi connectivity index (χ0) is 12.1. The Morgan fingerprint density at radius 1 is 1.50 bits per heavy atom. The van der Waals surface area contributed by atoms with Crippen molar-refractivity contribution in [2.45, 2.75) is 13.3 Å². The highest BCUT2D eigenvalue weighted by Gasteiger charge is 2.15. The molecular formula is C11H12ClNO3. The maximum Gasteiger partial charge on any atom is 0.306 e. The van der Waals surface area contributed by atoms with E-state index in [1.807, 2.05) is 0 Å². The number of carboxylic acids is 1. The van der Waals surface area contributed by atoms with Crippen LogP contribution >= 0.6 is 11.6 Å². The van der Waals surface area contributed by atoms with Gasteiger partial charge in [-0.15, -0.1) is 0 Å². The second-order valence-corrected chi connectivity index (χ2v) is 3.94. The van der Waals surface area contributed by atoms with Gasteiger partial charge in [-0.05, 0) is 18.2 Å². The molecule has 86 valence electrons. The van der Waals surface area contributed by atoms with Gasteiger partial charge in [-0.2, -0.15) is 0 Å². The molecule has 0 aliphatic heterocycles. The molecule has 0 aromatic heterocycles. The quantitative estimate of drug-likeness (QED) is 0.851.